The van der Waals surface area contributed by atoms with Crippen molar-refractivity contribution in [3.05, 3.63) is 22.4 Å². The van der Waals surface area contributed by atoms with Crippen molar-refractivity contribution in [2.45, 2.75) is 31.3 Å². The highest BCUT2D eigenvalue weighted by molar-refractivity contribution is 7.10. The second-order valence-electron chi connectivity index (χ2n) is 5.24. The zero-order valence-corrected chi connectivity index (χ0v) is 12.5. The largest absolute Gasteiger partial charge is 0.353 e. The molecule has 1 aliphatic rings. The van der Waals surface area contributed by atoms with Crippen molar-refractivity contribution < 1.29 is 4.79 Å². The molecule has 2 heterocycles. The average molecular weight is 281 g/mol. The average Bonchev–Trinajstić information content (AvgIpc) is 2.93. The van der Waals surface area contributed by atoms with Crippen LogP contribution >= 0.6 is 11.3 Å². The summed E-state index contributed by atoms with van der Waals surface area (Å²) in [7, 11) is 4.10. The molecule has 0 aliphatic carbocycles. The van der Waals surface area contributed by atoms with E-state index >= 15 is 0 Å². The van der Waals surface area contributed by atoms with Crippen molar-refractivity contribution in [2.24, 2.45) is 0 Å². The third-order valence-corrected chi connectivity index (χ3v) is 4.56. The molecule has 0 aromatic carbocycles. The minimum Gasteiger partial charge on any atom is -0.353 e. The molecule has 2 N–H and O–H groups in total. The Balaban J connectivity index is 1.86. The number of carbonyl (C=O) groups excluding carboxylic acids is 1. The smallest absolute Gasteiger partial charge is 0.237 e. The summed E-state index contributed by atoms with van der Waals surface area (Å²) in [5.41, 5.74) is 0. The van der Waals surface area contributed by atoms with Crippen LogP contribution in [-0.4, -0.2) is 44.0 Å². The normalized spacial score (nSPS) is 21.3. The van der Waals surface area contributed by atoms with Crippen LogP contribution in [0.25, 0.3) is 0 Å². The van der Waals surface area contributed by atoms with E-state index in [9.17, 15) is 4.79 Å². The van der Waals surface area contributed by atoms with Gasteiger partial charge in [-0.3, -0.25) is 4.79 Å². The van der Waals surface area contributed by atoms with Crippen molar-refractivity contribution >= 4 is 17.2 Å². The highest BCUT2D eigenvalue weighted by Crippen LogP contribution is 2.22. The number of hydrogen-bond acceptors (Lipinski definition) is 4. The number of nitrogens with zero attached hydrogens (tertiary/aromatic N) is 1. The van der Waals surface area contributed by atoms with Gasteiger partial charge in [-0.2, -0.15) is 0 Å². The maximum atomic E-state index is 12.1. The summed E-state index contributed by atoms with van der Waals surface area (Å²) in [4.78, 5) is 15.6. The summed E-state index contributed by atoms with van der Waals surface area (Å²) in [6.07, 6.45) is 3.28. The van der Waals surface area contributed by atoms with Gasteiger partial charge < -0.3 is 15.5 Å². The van der Waals surface area contributed by atoms with Gasteiger partial charge in [-0.1, -0.05) is 12.5 Å². The Morgan fingerprint density at radius 1 is 1.58 bits per heavy atom. The monoisotopic (exact) mass is 281 g/mol. The summed E-state index contributed by atoms with van der Waals surface area (Å²) < 4.78 is 0. The van der Waals surface area contributed by atoms with Crippen molar-refractivity contribution in [1.82, 2.24) is 15.5 Å². The van der Waals surface area contributed by atoms with Crippen LogP contribution in [0.2, 0.25) is 0 Å². The third kappa shape index (κ3) is 4.03. The maximum absolute atomic E-state index is 12.1. The summed E-state index contributed by atoms with van der Waals surface area (Å²) in [6.45, 7) is 1.63. The molecule has 1 aromatic rings. The molecular weight excluding hydrogens is 258 g/mol. The van der Waals surface area contributed by atoms with E-state index in [4.69, 9.17) is 0 Å². The van der Waals surface area contributed by atoms with Crippen molar-refractivity contribution in [2.75, 3.05) is 27.2 Å². The second-order valence-corrected chi connectivity index (χ2v) is 6.22. The number of amides is 1. The fourth-order valence-electron chi connectivity index (χ4n) is 2.41. The Morgan fingerprint density at radius 3 is 3.00 bits per heavy atom. The maximum Gasteiger partial charge on any atom is 0.237 e. The molecule has 2 unspecified atom stereocenters. The van der Waals surface area contributed by atoms with Gasteiger partial charge in [0.1, 0.15) is 0 Å². The molecule has 5 heteroatoms. The Kier molecular flexibility index (Phi) is 5.36. The number of rotatable bonds is 5. The van der Waals surface area contributed by atoms with E-state index in [0.29, 0.717) is 6.54 Å². The molecule has 4 nitrogen and oxygen atoms in total. The molecule has 106 valence electrons. The molecule has 0 saturated carbocycles. The molecule has 0 radical (unpaired) electrons. The summed E-state index contributed by atoms with van der Waals surface area (Å²) in [6, 6.07) is 4.44. The molecule has 0 spiro atoms. The van der Waals surface area contributed by atoms with Crippen molar-refractivity contribution in [3.8, 4) is 0 Å². The van der Waals surface area contributed by atoms with E-state index in [1.165, 1.54) is 11.3 Å². The van der Waals surface area contributed by atoms with E-state index in [1.807, 2.05) is 0 Å². The van der Waals surface area contributed by atoms with E-state index in [1.54, 1.807) is 11.3 Å². The lowest BCUT2D eigenvalue weighted by molar-refractivity contribution is -0.123. The molecule has 1 fully saturated rings. The molecular formula is C14H23N3OS. The number of thiophene rings is 1. The van der Waals surface area contributed by atoms with E-state index in [2.05, 4.69) is 47.1 Å². The summed E-state index contributed by atoms with van der Waals surface area (Å²) in [5.74, 6) is 0.142. The molecule has 1 aliphatic heterocycles. The van der Waals surface area contributed by atoms with Crippen LogP contribution in [-0.2, 0) is 4.79 Å². The van der Waals surface area contributed by atoms with Gasteiger partial charge in [0.15, 0.2) is 0 Å². The third-order valence-electron chi connectivity index (χ3n) is 3.59. The highest BCUT2D eigenvalue weighted by atomic mass is 32.1. The van der Waals surface area contributed by atoms with E-state index in [-0.39, 0.29) is 18.0 Å². The fraction of sp³-hybridized carbons (Fsp3) is 0.643. The van der Waals surface area contributed by atoms with Gasteiger partial charge in [-0.25, -0.2) is 0 Å². The van der Waals surface area contributed by atoms with Crippen LogP contribution in [0.5, 0.6) is 0 Å². The standard InChI is InChI=1S/C14H23N3OS/c1-17(2)12(13-7-5-9-19-13)10-16-14(18)11-6-3-4-8-15-11/h5,7,9,11-12,15H,3-4,6,8,10H2,1-2H3,(H,16,18). The molecule has 2 atom stereocenters. The van der Waals surface area contributed by atoms with E-state index < -0.39 is 0 Å². The first-order valence-electron chi connectivity index (χ1n) is 6.89. The zero-order chi connectivity index (χ0) is 13.7. The summed E-state index contributed by atoms with van der Waals surface area (Å²) >= 11 is 1.74. The van der Waals surface area contributed by atoms with Crippen molar-refractivity contribution in [1.29, 1.82) is 0 Å². The predicted octanol–water partition coefficient (Wildman–Crippen LogP) is 1.61. The van der Waals surface area contributed by atoms with Gasteiger partial charge in [0, 0.05) is 11.4 Å². The Bertz CT molecular complexity index is 385. The zero-order valence-electron chi connectivity index (χ0n) is 11.7. The fourth-order valence-corrected chi connectivity index (χ4v) is 3.34. The van der Waals surface area contributed by atoms with Gasteiger partial charge in [-0.15, -0.1) is 11.3 Å². The van der Waals surface area contributed by atoms with Crippen LogP contribution in [0.3, 0.4) is 0 Å². The van der Waals surface area contributed by atoms with Crippen LogP contribution in [0.15, 0.2) is 17.5 Å². The van der Waals surface area contributed by atoms with Crippen LogP contribution in [0.1, 0.15) is 30.2 Å². The van der Waals surface area contributed by atoms with Gasteiger partial charge >= 0.3 is 0 Å². The van der Waals surface area contributed by atoms with Crippen molar-refractivity contribution in [3.63, 3.8) is 0 Å². The predicted molar refractivity (Wildman–Crippen MR) is 79.4 cm³/mol. The Hall–Kier alpha value is -0.910. The first kappa shape index (κ1) is 14.5. The van der Waals surface area contributed by atoms with Crippen LogP contribution in [0, 0.1) is 0 Å². The minimum absolute atomic E-state index is 0.0000945. The molecule has 1 saturated heterocycles. The number of piperidine rings is 1. The first-order chi connectivity index (χ1) is 9.18. The lowest BCUT2D eigenvalue weighted by Gasteiger charge is -2.26. The van der Waals surface area contributed by atoms with Crippen LogP contribution < -0.4 is 10.6 Å². The molecule has 0 bridgehead atoms. The molecule has 1 aromatic heterocycles. The highest BCUT2D eigenvalue weighted by Gasteiger charge is 2.22. The van der Waals surface area contributed by atoms with Gasteiger partial charge in [0.05, 0.1) is 12.1 Å². The summed E-state index contributed by atoms with van der Waals surface area (Å²) in [5, 5.41) is 8.45. The first-order valence-corrected chi connectivity index (χ1v) is 7.77. The van der Waals surface area contributed by atoms with Gasteiger partial charge in [-0.05, 0) is 44.9 Å². The second kappa shape index (κ2) is 7.03. The molecule has 2 rings (SSSR count). The van der Waals surface area contributed by atoms with Crippen LogP contribution in [0.4, 0.5) is 0 Å². The Morgan fingerprint density at radius 2 is 2.42 bits per heavy atom. The van der Waals surface area contributed by atoms with E-state index in [0.717, 1.165) is 19.4 Å². The van der Waals surface area contributed by atoms with Gasteiger partial charge in [0.2, 0.25) is 5.91 Å². The molecule has 19 heavy (non-hydrogen) atoms. The minimum atomic E-state index is -0.0000945. The number of likely N-dealkylation sites (N-methyl/N-ethyl adjacent to an activating group) is 1. The quantitative estimate of drug-likeness (QED) is 0.862. The number of nitrogens with one attached hydrogen (secondary N) is 2. The molecule has 1 amide bonds. The SMILES string of the molecule is CN(C)C(CNC(=O)C1CCCCN1)c1cccs1. The Labute approximate surface area is 119 Å². The number of carbonyl (C=O) groups is 1. The topological polar surface area (TPSA) is 44.4 Å². The lowest BCUT2D eigenvalue weighted by Crippen LogP contribution is -2.48. The van der Waals surface area contributed by atoms with Gasteiger partial charge in [0.25, 0.3) is 0 Å². The lowest BCUT2D eigenvalue weighted by atomic mass is 10.0. The number of hydrogen-bond donors (Lipinski definition) is 2.